The third-order valence-corrected chi connectivity index (χ3v) is 2.81. The third kappa shape index (κ3) is 2.41. The summed E-state index contributed by atoms with van der Waals surface area (Å²) < 4.78 is 0. The Bertz CT molecular complexity index is 739. The molecule has 19 heavy (non-hydrogen) atoms. The summed E-state index contributed by atoms with van der Waals surface area (Å²) in [6.45, 7) is 0. The highest BCUT2D eigenvalue weighted by Gasteiger charge is 2.07. The lowest BCUT2D eigenvalue weighted by Gasteiger charge is -2.04. The van der Waals surface area contributed by atoms with E-state index in [4.69, 9.17) is 11.6 Å². The lowest BCUT2D eigenvalue weighted by atomic mass is 10.2. The number of H-pyrrole nitrogens is 1. The minimum Gasteiger partial charge on any atom is -0.329 e. The molecule has 3 aromatic rings. The first-order valence-electron chi connectivity index (χ1n) is 5.59. The van der Waals surface area contributed by atoms with E-state index in [0.717, 1.165) is 11.0 Å². The molecule has 6 heteroatoms. The van der Waals surface area contributed by atoms with Gasteiger partial charge in [0.25, 0.3) is 5.91 Å². The summed E-state index contributed by atoms with van der Waals surface area (Å²) in [6.07, 6.45) is 3.14. The van der Waals surface area contributed by atoms with Crippen molar-refractivity contribution < 1.29 is 4.79 Å². The van der Waals surface area contributed by atoms with E-state index in [9.17, 15) is 4.79 Å². The number of halogens is 1. The minimum absolute atomic E-state index is 0.210. The number of anilines is 1. The van der Waals surface area contributed by atoms with Gasteiger partial charge in [0.15, 0.2) is 0 Å². The smallest absolute Gasteiger partial charge is 0.257 e. The topological polar surface area (TPSA) is 70.7 Å². The summed E-state index contributed by atoms with van der Waals surface area (Å²) in [7, 11) is 0. The average Bonchev–Trinajstić information content (AvgIpc) is 2.79. The molecule has 2 heterocycles. The molecule has 0 aliphatic rings. The number of imidazole rings is 1. The van der Waals surface area contributed by atoms with Crippen LogP contribution in [0.25, 0.3) is 11.0 Å². The molecule has 1 aromatic carbocycles. The van der Waals surface area contributed by atoms with Crippen molar-refractivity contribution in [1.29, 1.82) is 0 Å². The highest BCUT2D eigenvalue weighted by Crippen LogP contribution is 2.19. The molecule has 0 unspecified atom stereocenters. The number of rotatable bonds is 2. The quantitative estimate of drug-likeness (QED) is 0.753. The number of aromatic amines is 1. The maximum Gasteiger partial charge on any atom is 0.257 e. The maximum absolute atomic E-state index is 12.0. The summed E-state index contributed by atoms with van der Waals surface area (Å²) in [5.41, 5.74) is 2.70. The van der Waals surface area contributed by atoms with Gasteiger partial charge < -0.3 is 10.3 Å². The average molecular weight is 273 g/mol. The van der Waals surface area contributed by atoms with Gasteiger partial charge in [0.1, 0.15) is 0 Å². The van der Waals surface area contributed by atoms with Crippen LogP contribution in [0.15, 0.2) is 42.7 Å². The second kappa shape index (κ2) is 4.70. The molecule has 3 rings (SSSR count). The first-order valence-corrected chi connectivity index (χ1v) is 5.97. The molecule has 0 bridgehead atoms. The van der Waals surface area contributed by atoms with Crippen LogP contribution in [-0.4, -0.2) is 20.9 Å². The molecule has 0 radical (unpaired) electrons. The monoisotopic (exact) mass is 272 g/mol. The standard InChI is InChI=1S/C13H9ClN4O/c14-13-17-10-4-3-9(6-11(10)18-13)16-12(19)8-2-1-5-15-7-8/h1-7H,(H,16,19)(H,17,18). The number of hydrogen-bond donors (Lipinski definition) is 2. The number of hydrogen-bond acceptors (Lipinski definition) is 3. The molecule has 0 saturated carbocycles. The highest BCUT2D eigenvalue weighted by atomic mass is 35.5. The molecule has 0 saturated heterocycles. The summed E-state index contributed by atoms with van der Waals surface area (Å²) in [4.78, 5) is 22.8. The Balaban J connectivity index is 1.87. The zero-order valence-electron chi connectivity index (χ0n) is 9.72. The van der Waals surface area contributed by atoms with E-state index >= 15 is 0 Å². The lowest BCUT2D eigenvalue weighted by molar-refractivity contribution is 0.102. The molecule has 0 atom stereocenters. The third-order valence-electron chi connectivity index (χ3n) is 2.63. The van der Waals surface area contributed by atoms with Crippen LogP contribution in [0.1, 0.15) is 10.4 Å². The van der Waals surface area contributed by atoms with Crippen LogP contribution in [0.3, 0.4) is 0 Å². The predicted octanol–water partition coefficient (Wildman–Crippen LogP) is 2.86. The fourth-order valence-electron chi connectivity index (χ4n) is 1.76. The van der Waals surface area contributed by atoms with Gasteiger partial charge in [-0.15, -0.1) is 0 Å². The summed E-state index contributed by atoms with van der Waals surface area (Å²) in [5.74, 6) is -0.210. The molecule has 2 aromatic heterocycles. The zero-order chi connectivity index (χ0) is 13.2. The molecule has 0 fully saturated rings. The van der Waals surface area contributed by atoms with Crippen LogP contribution >= 0.6 is 11.6 Å². The maximum atomic E-state index is 12.0. The van der Waals surface area contributed by atoms with E-state index < -0.39 is 0 Å². The normalized spacial score (nSPS) is 10.6. The van der Waals surface area contributed by atoms with Crippen molar-refractivity contribution in [3.05, 3.63) is 53.6 Å². The molecule has 94 valence electrons. The number of aromatic nitrogens is 3. The predicted molar refractivity (Wildman–Crippen MR) is 73.3 cm³/mol. The Labute approximate surface area is 113 Å². The fraction of sp³-hybridized carbons (Fsp3) is 0. The highest BCUT2D eigenvalue weighted by molar-refractivity contribution is 6.29. The Morgan fingerprint density at radius 3 is 3.00 bits per heavy atom. The molecular weight excluding hydrogens is 264 g/mol. The summed E-state index contributed by atoms with van der Waals surface area (Å²) in [5, 5.41) is 3.11. The van der Waals surface area contributed by atoms with E-state index in [-0.39, 0.29) is 5.91 Å². The first kappa shape index (κ1) is 11.7. The fourth-order valence-corrected chi connectivity index (χ4v) is 1.95. The van der Waals surface area contributed by atoms with Gasteiger partial charge in [-0.05, 0) is 41.9 Å². The van der Waals surface area contributed by atoms with Crippen LogP contribution in [0.5, 0.6) is 0 Å². The molecular formula is C13H9ClN4O. The van der Waals surface area contributed by atoms with Crippen molar-refractivity contribution in [2.75, 3.05) is 5.32 Å². The zero-order valence-corrected chi connectivity index (χ0v) is 10.5. The molecule has 5 nitrogen and oxygen atoms in total. The number of fused-ring (bicyclic) bond motifs is 1. The molecule has 0 spiro atoms. The van der Waals surface area contributed by atoms with Gasteiger partial charge in [-0.2, -0.15) is 0 Å². The van der Waals surface area contributed by atoms with Crippen molar-refractivity contribution in [3.63, 3.8) is 0 Å². The van der Waals surface area contributed by atoms with Crippen LogP contribution in [0.2, 0.25) is 5.28 Å². The first-order chi connectivity index (χ1) is 9.22. The van der Waals surface area contributed by atoms with Crippen molar-refractivity contribution in [1.82, 2.24) is 15.0 Å². The van der Waals surface area contributed by atoms with Crippen molar-refractivity contribution >= 4 is 34.2 Å². The van der Waals surface area contributed by atoms with E-state index in [1.165, 1.54) is 6.20 Å². The van der Waals surface area contributed by atoms with Crippen molar-refractivity contribution in [2.45, 2.75) is 0 Å². The van der Waals surface area contributed by atoms with Crippen LogP contribution in [-0.2, 0) is 0 Å². The van der Waals surface area contributed by atoms with Crippen molar-refractivity contribution in [3.8, 4) is 0 Å². The van der Waals surface area contributed by atoms with Crippen LogP contribution < -0.4 is 5.32 Å². The molecule has 1 amide bonds. The van der Waals surface area contributed by atoms with E-state index in [1.807, 2.05) is 0 Å². The number of pyridine rings is 1. The molecule has 0 aliphatic heterocycles. The lowest BCUT2D eigenvalue weighted by Crippen LogP contribution is -2.11. The van der Waals surface area contributed by atoms with E-state index in [2.05, 4.69) is 20.3 Å². The number of carbonyl (C=O) groups excluding carboxylic acids is 1. The van der Waals surface area contributed by atoms with E-state index in [0.29, 0.717) is 16.5 Å². The summed E-state index contributed by atoms with van der Waals surface area (Å²) >= 11 is 5.77. The second-order valence-electron chi connectivity index (χ2n) is 3.96. The Morgan fingerprint density at radius 1 is 1.32 bits per heavy atom. The van der Waals surface area contributed by atoms with Gasteiger partial charge in [0.05, 0.1) is 16.6 Å². The Kier molecular flexibility index (Phi) is 2.89. The van der Waals surface area contributed by atoms with Gasteiger partial charge in [-0.1, -0.05) is 0 Å². The number of nitrogens with one attached hydrogen (secondary N) is 2. The molecule has 0 aliphatic carbocycles. The van der Waals surface area contributed by atoms with Crippen LogP contribution in [0.4, 0.5) is 5.69 Å². The Morgan fingerprint density at radius 2 is 2.21 bits per heavy atom. The van der Waals surface area contributed by atoms with Gasteiger partial charge in [0, 0.05) is 18.1 Å². The van der Waals surface area contributed by atoms with Gasteiger partial charge in [0.2, 0.25) is 5.28 Å². The molecule has 2 N–H and O–H groups in total. The second-order valence-corrected chi connectivity index (χ2v) is 4.31. The summed E-state index contributed by atoms with van der Waals surface area (Å²) in [6, 6.07) is 8.76. The van der Waals surface area contributed by atoms with Gasteiger partial charge in [-0.25, -0.2) is 4.98 Å². The van der Waals surface area contributed by atoms with E-state index in [1.54, 1.807) is 36.5 Å². The number of benzene rings is 1. The van der Waals surface area contributed by atoms with Crippen molar-refractivity contribution in [2.24, 2.45) is 0 Å². The number of nitrogens with zero attached hydrogens (tertiary/aromatic N) is 2. The SMILES string of the molecule is O=C(Nc1ccc2nc(Cl)[nH]c2c1)c1cccnc1. The number of carbonyl (C=O) groups is 1. The van der Waals surface area contributed by atoms with Crippen LogP contribution in [0, 0.1) is 0 Å². The Hall–Kier alpha value is -2.40. The largest absolute Gasteiger partial charge is 0.329 e. The minimum atomic E-state index is -0.210. The van der Waals surface area contributed by atoms with Gasteiger partial charge in [-0.3, -0.25) is 9.78 Å². The number of amides is 1. The van der Waals surface area contributed by atoms with Gasteiger partial charge >= 0.3 is 0 Å².